The molecule has 2 aromatic rings. The number of nitrogens with one attached hydrogen (secondary N) is 1. The van der Waals surface area contributed by atoms with E-state index in [1.807, 2.05) is 42.6 Å². The van der Waals surface area contributed by atoms with Crippen molar-refractivity contribution in [3.63, 3.8) is 0 Å². The zero-order valence-corrected chi connectivity index (χ0v) is 11.7. The normalized spacial score (nSPS) is 12.1. The average molecular weight is 276 g/mol. The minimum absolute atomic E-state index is 0.293. The van der Waals surface area contributed by atoms with Gasteiger partial charge in [-0.05, 0) is 12.5 Å². The van der Waals surface area contributed by atoms with E-state index in [1.54, 1.807) is 11.3 Å². The molecule has 0 radical (unpaired) electrons. The molecule has 0 saturated carbocycles. The number of carbonyl (C=O) groups is 1. The predicted molar refractivity (Wildman–Crippen MR) is 74.9 cm³/mol. The van der Waals surface area contributed by atoms with Crippen LogP contribution >= 0.6 is 11.3 Å². The van der Waals surface area contributed by atoms with Crippen LogP contribution in [-0.4, -0.2) is 18.1 Å². The van der Waals surface area contributed by atoms with Crippen molar-refractivity contribution >= 4 is 17.3 Å². The Morgan fingerprint density at radius 2 is 2.16 bits per heavy atom. The van der Waals surface area contributed by atoms with E-state index in [2.05, 4.69) is 10.3 Å². The number of esters is 1. The van der Waals surface area contributed by atoms with Crippen molar-refractivity contribution in [3.05, 3.63) is 52.0 Å². The van der Waals surface area contributed by atoms with E-state index >= 15 is 0 Å². The first kappa shape index (κ1) is 13.7. The Balaban J connectivity index is 2.09. The van der Waals surface area contributed by atoms with Gasteiger partial charge in [0.2, 0.25) is 0 Å². The van der Waals surface area contributed by atoms with E-state index in [1.165, 1.54) is 7.11 Å². The van der Waals surface area contributed by atoms with Crippen molar-refractivity contribution in [3.8, 4) is 0 Å². The topological polar surface area (TPSA) is 51.2 Å². The molecule has 1 N–H and O–H groups in total. The zero-order chi connectivity index (χ0) is 13.7. The first-order valence-corrected chi connectivity index (χ1v) is 6.86. The molecule has 4 nitrogen and oxygen atoms in total. The molecule has 2 rings (SSSR count). The number of methoxy groups -OCH3 is 1. The van der Waals surface area contributed by atoms with E-state index < -0.39 is 6.04 Å². The van der Waals surface area contributed by atoms with E-state index in [9.17, 15) is 4.79 Å². The van der Waals surface area contributed by atoms with Gasteiger partial charge in [-0.3, -0.25) is 5.32 Å². The lowest BCUT2D eigenvalue weighted by Gasteiger charge is -2.16. The molecule has 0 aliphatic heterocycles. The molecular weight excluding hydrogens is 260 g/mol. The van der Waals surface area contributed by atoms with Gasteiger partial charge >= 0.3 is 5.97 Å². The average Bonchev–Trinajstić information content (AvgIpc) is 2.85. The number of ether oxygens (including phenoxy) is 1. The third kappa shape index (κ3) is 3.62. The maximum atomic E-state index is 11.8. The van der Waals surface area contributed by atoms with Crippen molar-refractivity contribution in [2.24, 2.45) is 0 Å². The fourth-order valence-corrected chi connectivity index (χ4v) is 2.41. The van der Waals surface area contributed by atoms with Crippen LogP contribution < -0.4 is 5.32 Å². The predicted octanol–water partition coefficient (Wildman–Crippen LogP) is 2.46. The highest BCUT2D eigenvalue weighted by molar-refractivity contribution is 7.09. The second kappa shape index (κ2) is 6.45. The second-order valence-electron chi connectivity index (χ2n) is 4.11. The van der Waals surface area contributed by atoms with Gasteiger partial charge in [0.15, 0.2) is 0 Å². The zero-order valence-electron chi connectivity index (χ0n) is 10.9. The summed E-state index contributed by atoms with van der Waals surface area (Å²) < 4.78 is 4.84. The standard InChI is InChI=1S/C14H16N2O2S/c1-10-16-12(9-19-10)8-15-13(14(17)18-2)11-6-4-3-5-7-11/h3-7,9,13,15H,8H2,1-2H3. The van der Waals surface area contributed by atoms with Crippen LogP contribution in [0.1, 0.15) is 22.3 Å². The first-order chi connectivity index (χ1) is 9.20. The van der Waals surface area contributed by atoms with Gasteiger partial charge in [-0.25, -0.2) is 9.78 Å². The molecule has 0 spiro atoms. The molecule has 1 heterocycles. The molecule has 0 amide bonds. The minimum atomic E-state index is -0.465. The summed E-state index contributed by atoms with van der Waals surface area (Å²) in [7, 11) is 1.40. The molecule has 5 heteroatoms. The van der Waals surface area contributed by atoms with Crippen LogP contribution in [0, 0.1) is 6.92 Å². The fraction of sp³-hybridized carbons (Fsp3) is 0.286. The molecule has 0 saturated heterocycles. The van der Waals surface area contributed by atoms with E-state index in [4.69, 9.17) is 4.74 Å². The van der Waals surface area contributed by atoms with Gasteiger partial charge in [0, 0.05) is 11.9 Å². The summed E-state index contributed by atoms with van der Waals surface area (Å²) in [6, 6.07) is 9.07. The summed E-state index contributed by atoms with van der Waals surface area (Å²) in [5.74, 6) is -0.293. The maximum absolute atomic E-state index is 11.8. The van der Waals surface area contributed by atoms with Gasteiger partial charge in [-0.15, -0.1) is 11.3 Å². The highest BCUT2D eigenvalue weighted by atomic mass is 32.1. The Morgan fingerprint density at radius 3 is 2.74 bits per heavy atom. The van der Waals surface area contributed by atoms with Crippen LogP contribution in [0.25, 0.3) is 0 Å². The monoisotopic (exact) mass is 276 g/mol. The number of aromatic nitrogens is 1. The Labute approximate surface area is 116 Å². The minimum Gasteiger partial charge on any atom is -0.468 e. The van der Waals surface area contributed by atoms with E-state index in [0.717, 1.165) is 16.3 Å². The lowest BCUT2D eigenvalue weighted by atomic mass is 10.1. The first-order valence-electron chi connectivity index (χ1n) is 5.98. The number of hydrogen-bond acceptors (Lipinski definition) is 5. The summed E-state index contributed by atoms with van der Waals surface area (Å²) in [5.41, 5.74) is 1.83. The molecular formula is C14H16N2O2S. The van der Waals surface area contributed by atoms with Gasteiger partial charge in [-0.1, -0.05) is 30.3 Å². The van der Waals surface area contributed by atoms with Gasteiger partial charge in [0.25, 0.3) is 0 Å². The third-order valence-electron chi connectivity index (χ3n) is 2.72. The van der Waals surface area contributed by atoms with Crippen molar-refractivity contribution in [2.45, 2.75) is 19.5 Å². The fourth-order valence-electron chi connectivity index (χ4n) is 1.80. The summed E-state index contributed by atoms with van der Waals surface area (Å²) in [4.78, 5) is 16.2. The number of carbonyl (C=O) groups excluding carboxylic acids is 1. The van der Waals surface area contributed by atoms with Gasteiger partial charge < -0.3 is 4.74 Å². The number of aryl methyl sites for hydroxylation is 1. The summed E-state index contributed by atoms with van der Waals surface area (Å²) in [5, 5.41) is 6.19. The molecule has 1 atom stereocenters. The quantitative estimate of drug-likeness (QED) is 0.852. The van der Waals surface area contributed by atoms with Crippen molar-refractivity contribution in [1.82, 2.24) is 10.3 Å². The molecule has 100 valence electrons. The lowest BCUT2D eigenvalue weighted by Crippen LogP contribution is -2.29. The van der Waals surface area contributed by atoms with Crippen LogP contribution in [0.3, 0.4) is 0 Å². The Bertz CT molecular complexity index is 539. The molecule has 0 fully saturated rings. The number of hydrogen-bond donors (Lipinski definition) is 1. The smallest absolute Gasteiger partial charge is 0.327 e. The number of thiazole rings is 1. The Hall–Kier alpha value is -1.72. The van der Waals surface area contributed by atoms with Crippen LogP contribution in [0.2, 0.25) is 0 Å². The Morgan fingerprint density at radius 1 is 1.42 bits per heavy atom. The van der Waals surface area contributed by atoms with Gasteiger partial charge in [0.05, 0.1) is 17.8 Å². The molecule has 1 unspecified atom stereocenters. The molecule has 1 aromatic carbocycles. The molecule has 19 heavy (non-hydrogen) atoms. The summed E-state index contributed by atoms with van der Waals surface area (Å²) in [6.45, 7) is 2.50. The highest BCUT2D eigenvalue weighted by Gasteiger charge is 2.20. The van der Waals surface area contributed by atoms with Crippen LogP contribution in [0.15, 0.2) is 35.7 Å². The summed E-state index contributed by atoms with van der Waals surface area (Å²) >= 11 is 1.60. The Kier molecular flexibility index (Phi) is 4.65. The summed E-state index contributed by atoms with van der Waals surface area (Å²) in [6.07, 6.45) is 0. The SMILES string of the molecule is COC(=O)C(NCc1csc(C)n1)c1ccccc1. The molecule has 0 aliphatic rings. The number of benzene rings is 1. The third-order valence-corrected chi connectivity index (χ3v) is 3.55. The lowest BCUT2D eigenvalue weighted by molar-refractivity contribution is -0.143. The number of rotatable bonds is 5. The molecule has 1 aromatic heterocycles. The van der Waals surface area contributed by atoms with Gasteiger partial charge in [0.1, 0.15) is 6.04 Å². The van der Waals surface area contributed by atoms with Crippen molar-refractivity contribution in [1.29, 1.82) is 0 Å². The molecule has 0 aliphatic carbocycles. The largest absolute Gasteiger partial charge is 0.468 e. The highest BCUT2D eigenvalue weighted by Crippen LogP contribution is 2.15. The number of nitrogens with zero attached hydrogens (tertiary/aromatic N) is 1. The van der Waals surface area contributed by atoms with E-state index in [0.29, 0.717) is 6.54 Å². The van der Waals surface area contributed by atoms with Crippen LogP contribution in [0.4, 0.5) is 0 Å². The van der Waals surface area contributed by atoms with Crippen molar-refractivity contribution < 1.29 is 9.53 Å². The van der Waals surface area contributed by atoms with E-state index in [-0.39, 0.29) is 5.97 Å². The maximum Gasteiger partial charge on any atom is 0.327 e. The second-order valence-corrected chi connectivity index (χ2v) is 5.17. The van der Waals surface area contributed by atoms with Crippen LogP contribution in [0.5, 0.6) is 0 Å². The molecule has 0 bridgehead atoms. The van der Waals surface area contributed by atoms with Gasteiger partial charge in [-0.2, -0.15) is 0 Å². The van der Waals surface area contributed by atoms with Crippen LogP contribution in [-0.2, 0) is 16.1 Å². The van der Waals surface area contributed by atoms with Crippen molar-refractivity contribution in [2.75, 3.05) is 7.11 Å².